The van der Waals surface area contributed by atoms with Crippen LogP contribution in [-0.2, 0) is 4.79 Å². The molecule has 0 saturated carbocycles. The fourth-order valence-corrected chi connectivity index (χ4v) is 3.18. The average Bonchev–Trinajstić information content (AvgIpc) is 2.45. The van der Waals surface area contributed by atoms with Crippen molar-refractivity contribution in [2.24, 2.45) is 5.41 Å². The van der Waals surface area contributed by atoms with Crippen molar-refractivity contribution in [1.29, 1.82) is 0 Å². The first kappa shape index (κ1) is 15.6. The van der Waals surface area contributed by atoms with Crippen molar-refractivity contribution in [3.05, 3.63) is 23.8 Å². The van der Waals surface area contributed by atoms with Crippen molar-refractivity contribution in [3.8, 4) is 11.5 Å². The summed E-state index contributed by atoms with van der Waals surface area (Å²) in [6.07, 6.45) is 2.15. The molecule has 0 aromatic heterocycles. The molecule has 1 aromatic rings. The average molecular weight is 293 g/mol. The standard InChI is InChI=1S/C16H23NO4/c1-3-16(15(20)21)5-4-6-17(10-16)11(2)12-7-13(18)9-14(19)8-12/h7-9,11,18-19H,3-6,10H2,1-2H3,(H,20,21). The normalized spacial score (nSPS) is 24.7. The maximum atomic E-state index is 11.6. The molecule has 1 aliphatic rings. The third-order valence-electron chi connectivity index (χ3n) is 4.69. The second-order valence-corrected chi connectivity index (χ2v) is 5.97. The van der Waals surface area contributed by atoms with Gasteiger partial charge in [0.05, 0.1) is 5.41 Å². The molecule has 1 heterocycles. The predicted molar refractivity (Wildman–Crippen MR) is 79.4 cm³/mol. The second kappa shape index (κ2) is 5.93. The Balaban J connectivity index is 2.22. The first-order chi connectivity index (χ1) is 9.88. The monoisotopic (exact) mass is 293 g/mol. The Morgan fingerprint density at radius 2 is 1.95 bits per heavy atom. The van der Waals surface area contributed by atoms with Gasteiger partial charge in [-0.05, 0) is 50.4 Å². The number of phenolic OH excluding ortho intramolecular Hbond substituents is 2. The molecule has 21 heavy (non-hydrogen) atoms. The van der Waals surface area contributed by atoms with E-state index < -0.39 is 11.4 Å². The summed E-state index contributed by atoms with van der Waals surface area (Å²) in [5, 5.41) is 28.8. The van der Waals surface area contributed by atoms with Gasteiger partial charge in [-0.1, -0.05) is 6.92 Å². The summed E-state index contributed by atoms with van der Waals surface area (Å²) in [6, 6.07) is 4.48. The number of likely N-dealkylation sites (tertiary alicyclic amines) is 1. The summed E-state index contributed by atoms with van der Waals surface area (Å²) in [6.45, 7) is 5.22. The van der Waals surface area contributed by atoms with Gasteiger partial charge >= 0.3 is 5.97 Å². The quantitative estimate of drug-likeness (QED) is 0.795. The van der Waals surface area contributed by atoms with E-state index in [4.69, 9.17) is 0 Å². The van der Waals surface area contributed by atoms with Crippen molar-refractivity contribution < 1.29 is 20.1 Å². The Labute approximate surface area is 124 Å². The molecular weight excluding hydrogens is 270 g/mol. The van der Waals surface area contributed by atoms with Crippen LogP contribution < -0.4 is 0 Å². The molecular formula is C16H23NO4. The van der Waals surface area contributed by atoms with E-state index in [2.05, 4.69) is 4.90 Å². The van der Waals surface area contributed by atoms with E-state index in [0.29, 0.717) is 19.4 Å². The van der Waals surface area contributed by atoms with E-state index in [1.54, 1.807) is 12.1 Å². The molecule has 3 N–H and O–H groups in total. The van der Waals surface area contributed by atoms with Crippen LogP contribution in [0.3, 0.4) is 0 Å². The highest BCUT2D eigenvalue weighted by Gasteiger charge is 2.41. The fraction of sp³-hybridized carbons (Fsp3) is 0.562. The molecule has 2 atom stereocenters. The molecule has 2 unspecified atom stereocenters. The molecule has 5 heteroatoms. The Kier molecular flexibility index (Phi) is 4.42. The summed E-state index contributed by atoms with van der Waals surface area (Å²) >= 11 is 0. The lowest BCUT2D eigenvalue weighted by Gasteiger charge is -2.42. The van der Waals surface area contributed by atoms with E-state index >= 15 is 0 Å². The number of carbonyl (C=O) groups is 1. The molecule has 1 saturated heterocycles. The second-order valence-electron chi connectivity index (χ2n) is 5.97. The molecule has 1 fully saturated rings. The van der Waals surface area contributed by atoms with Crippen LogP contribution in [0.15, 0.2) is 18.2 Å². The maximum absolute atomic E-state index is 11.6. The Bertz CT molecular complexity index is 511. The number of piperidine rings is 1. The number of carboxylic acid groups (broad SMARTS) is 1. The van der Waals surface area contributed by atoms with Gasteiger partial charge in [-0.3, -0.25) is 9.69 Å². The minimum Gasteiger partial charge on any atom is -0.508 e. The highest BCUT2D eigenvalue weighted by Crippen LogP contribution is 2.38. The molecule has 0 bridgehead atoms. The predicted octanol–water partition coefficient (Wildman–Crippen LogP) is 2.74. The number of nitrogens with zero attached hydrogens (tertiary/aromatic N) is 1. The molecule has 116 valence electrons. The van der Waals surface area contributed by atoms with Crippen molar-refractivity contribution >= 4 is 5.97 Å². The SMILES string of the molecule is CCC1(C(=O)O)CCCN(C(C)c2cc(O)cc(O)c2)C1. The highest BCUT2D eigenvalue weighted by molar-refractivity contribution is 5.75. The van der Waals surface area contributed by atoms with Gasteiger partial charge in [0.15, 0.2) is 0 Å². The largest absolute Gasteiger partial charge is 0.508 e. The van der Waals surface area contributed by atoms with Gasteiger partial charge in [0.1, 0.15) is 11.5 Å². The highest BCUT2D eigenvalue weighted by atomic mass is 16.4. The van der Waals surface area contributed by atoms with E-state index in [1.807, 2.05) is 13.8 Å². The smallest absolute Gasteiger partial charge is 0.310 e. The third-order valence-corrected chi connectivity index (χ3v) is 4.69. The number of carboxylic acids is 1. The Hall–Kier alpha value is -1.75. The van der Waals surface area contributed by atoms with Crippen molar-refractivity contribution in [3.63, 3.8) is 0 Å². The lowest BCUT2D eigenvalue weighted by molar-refractivity contribution is -0.153. The number of benzene rings is 1. The first-order valence-electron chi connectivity index (χ1n) is 7.38. The van der Waals surface area contributed by atoms with Crippen LogP contribution in [-0.4, -0.2) is 39.3 Å². The summed E-state index contributed by atoms with van der Waals surface area (Å²) in [4.78, 5) is 13.7. The molecule has 0 spiro atoms. The molecule has 0 amide bonds. The summed E-state index contributed by atoms with van der Waals surface area (Å²) in [5.41, 5.74) is 0.107. The number of phenols is 2. The van der Waals surface area contributed by atoms with Crippen molar-refractivity contribution in [1.82, 2.24) is 4.90 Å². The van der Waals surface area contributed by atoms with Crippen LogP contribution in [0, 0.1) is 5.41 Å². The molecule has 0 aliphatic carbocycles. The van der Waals surface area contributed by atoms with Gasteiger partial charge in [0.25, 0.3) is 0 Å². The Morgan fingerprint density at radius 1 is 1.33 bits per heavy atom. The van der Waals surface area contributed by atoms with E-state index in [1.165, 1.54) is 6.07 Å². The number of rotatable bonds is 4. The van der Waals surface area contributed by atoms with E-state index in [-0.39, 0.29) is 17.5 Å². The maximum Gasteiger partial charge on any atom is 0.310 e. The van der Waals surface area contributed by atoms with E-state index in [9.17, 15) is 20.1 Å². The van der Waals surface area contributed by atoms with Gasteiger partial charge in [-0.15, -0.1) is 0 Å². The molecule has 1 aromatic carbocycles. The molecule has 5 nitrogen and oxygen atoms in total. The fourth-order valence-electron chi connectivity index (χ4n) is 3.18. The number of aliphatic carboxylic acids is 1. The number of hydrogen-bond donors (Lipinski definition) is 3. The van der Waals surface area contributed by atoms with Crippen molar-refractivity contribution in [2.45, 2.75) is 39.2 Å². The summed E-state index contributed by atoms with van der Waals surface area (Å²) in [5.74, 6) is -0.691. The molecule has 1 aliphatic heterocycles. The zero-order valence-electron chi connectivity index (χ0n) is 12.5. The number of hydrogen-bond acceptors (Lipinski definition) is 4. The van der Waals surface area contributed by atoms with Crippen molar-refractivity contribution in [2.75, 3.05) is 13.1 Å². The van der Waals surface area contributed by atoms with Crippen LogP contribution >= 0.6 is 0 Å². The van der Waals surface area contributed by atoms with Crippen LogP contribution in [0.25, 0.3) is 0 Å². The van der Waals surface area contributed by atoms with Gasteiger partial charge in [0, 0.05) is 18.7 Å². The van der Waals surface area contributed by atoms with Gasteiger partial charge < -0.3 is 15.3 Å². The topological polar surface area (TPSA) is 81.0 Å². The number of aromatic hydroxyl groups is 2. The zero-order chi connectivity index (χ0) is 15.6. The minimum atomic E-state index is -0.736. The van der Waals surface area contributed by atoms with Gasteiger partial charge in [0.2, 0.25) is 0 Å². The lowest BCUT2D eigenvalue weighted by atomic mass is 9.77. The van der Waals surface area contributed by atoms with Crippen LogP contribution in [0.2, 0.25) is 0 Å². The van der Waals surface area contributed by atoms with E-state index in [0.717, 1.165) is 18.5 Å². The van der Waals surface area contributed by atoms with Gasteiger partial charge in [-0.2, -0.15) is 0 Å². The Morgan fingerprint density at radius 3 is 2.48 bits per heavy atom. The summed E-state index contributed by atoms with van der Waals surface area (Å²) < 4.78 is 0. The first-order valence-corrected chi connectivity index (χ1v) is 7.38. The van der Waals surface area contributed by atoms with Crippen LogP contribution in [0.4, 0.5) is 0 Å². The minimum absolute atomic E-state index is 0.0221. The summed E-state index contributed by atoms with van der Waals surface area (Å²) in [7, 11) is 0. The lowest BCUT2D eigenvalue weighted by Crippen LogP contribution is -2.48. The zero-order valence-corrected chi connectivity index (χ0v) is 12.5. The van der Waals surface area contributed by atoms with Crippen LogP contribution in [0.1, 0.15) is 44.7 Å². The molecule has 0 radical (unpaired) electrons. The molecule has 2 rings (SSSR count). The van der Waals surface area contributed by atoms with Crippen LogP contribution in [0.5, 0.6) is 11.5 Å². The van der Waals surface area contributed by atoms with Gasteiger partial charge in [-0.25, -0.2) is 0 Å². The third kappa shape index (κ3) is 3.13.